The van der Waals surface area contributed by atoms with E-state index in [1.807, 2.05) is 19.1 Å². The van der Waals surface area contributed by atoms with Crippen LogP contribution < -0.4 is 10.2 Å². The molecule has 7 heteroatoms. The van der Waals surface area contributed by atoms with Gasteiger partial charge in [-0.05, 0) is 69.2 Å². The van der Waals surface area contributed by atoms with E-state index in [-0.39, 0.29) is 5.91 Å². The van der Waals surface area contributed by atoms with E-state index in [2.05, 4.69) is 67.7 Å². The van der Waals surface area contributed by atoms with Gasteiger partial charge in [-0.1, -0.05) is 23.4 Å². The Morgan fingerprint density at radius 2 is 1.80 bits per heavy atom. The van der Waals surface area contributed by atoms with Crippen LogP contribution in [0.5, 0.6) is 0 Å². The predicted molar refractivity (Wildman–Crippen MR) is 139 cm³/mol. The highest BCUT2D eigenvalue weighted by Crippen LogP contribution is 2.27. The van der Waals surface area contributed by atoms with Crippen molar-refractivity contribution in [2.24, 2.45) is 0 Å². The van der Waals surface area contributed by atoms with Gasteiger partial charge in [-0.25, -0.2) is 0 Å². The van der Waals surface area contributed by atoms with Crippen LogP contribution in [0.25, 0.3) is 10.9 Å². The number of nitrogens with one attached hydrogen (secondary N) is 1. The Morgan fingerprint density at radius 1 is 1.00 bits per heavy atom. The zero-order valence-electron chi connectivity index (χ0n) is 20.5. The van der Waals surface area contributed by atoms with Gasteiger partial charge in [-0.15, -0.1) is 0 Å². The van der Waals surface area contributed by atoms with Gasteiger partial charge in [-0.3, -0.25) is 14.7 Å². The van der Waals surface area contributed by atoms with Crippen molar-refractivity contribution in [1.82, 2.24) is 15.0 Å². The summed E-state index contributed by atoms with van der Waals surface area (Å²) in [4.78, 5) is 22.3. The molecule has 1 N–H and O–H groups in total. The van der Waals surface area contributed by atoms with Crippen molar-refractivity contribution in [2.75, 3.05) is 42.9 Å². The van der Waals surface area contributed by atoms with Crippen molar-refractivity contribution < 1.29 is 9.32 Å². The van der Waals surface area contributed by atoms with Gasteiger partial charge in [-0.2, -0.15) is 0 Å². The third-order valence-corrected chi connectivity index (χ3v) is 6.72. The molecule has 2 aromatic carbocycles. The summed E-state index contributed by atoms with van der Waals surface area (Å²) in [5, 5.41) is 8.08. The molecule has 180 valence electrons. The van der Waals surface area contributed by atoms with Gasteiger partial charge in [0.25, 0.3) is 5.91 Å². The molecular weight excluding hydrogens is 438 g/mol. The van der Waals surface area contributed by atoms with E-state index in [9.17, 15) is 4.79 Å². The molecule has 0 spiro atoms. The van der Waals surface area contributed by atoms with Gasteiger partial charge in [0.2, 0.25) is 0 Å². The second kappa shape index (κ2) is 9.88. The fourth-order valence-corrected chi connectivity index (χ4v) is 4.82. The van der Waals surface area contributed by atoms with Crippen LogP contribution in [0.15, 0.2) is 59.1 Å². The SMILES string of the molecule is Cc1ccc2c(N3CCN(CCc4cccc(NC(=O)c5c(C)noc5C)c4)CC3)cccc2n1. The summed E-state index contributed by atoms with van der Waals surface area (Å²) in [6.45, 7) is 10.6. The molecule has 2 aromatic heterocycles. The quantitative estimate of drug-likeness (QED) is 0.439. The predicted octanol–water partition coefficient (Wildman–Crippen LogP) is 4.77. The van der Waals surface area contributed by atoms with Crippen molar-refractivity contribution in [3.8, 4) is 0 Å². The van der Waals surface area contributed by atoms with E-state index in [1.54, 1.807) is 13.8 Å². The number of carbonyl (C=O) groups excluding carboxylic acids is 1. The molecule has 0 radical (unpaired) electrons. The first-order valence-corrected chi connectivity index (χ1v) is 12.1. The van der Waals surface area contributed by atoms with Crippen LogP contribution in [-0.4, -0.2) is 53.7 Å². The van der Waals surface area contributed by atoms with Crippen molar-refractivity contribution in [3.05, 3.63) is 82.9 Å². The average Bonchev–Trinajstić information content (AvgIpc) is 3.20. The first-order chi connectivity index (χ1) is 17.0. The number of anilines is 2. The number of aromatic nitrogens is 2. The first kappa shape index (κ1) is 23.1. The number of nitrogens with zero attached hydrogens (tertiary/aromatic N) is 4. The highest BCUT2D eigenvalue weighted by molar-refractivity contribution is 6.05. The molecule has 5 rings (SSSR count). The number of fused-ring (bicyclic) bond motifs is 1. The lowest BCUT2D eigenvalue weighted by Gasteiger charge is -2.36. The van der Waals surface area contributed by atoms with Gasteiger partial charge in [0.05, 0.1) is 11.2 Å². The van der Waals surface area contributed by atoms with Crippen LogP contribution in [0.2, 0.25) is 0 Å². The first-order valence-electron chi connectivity index (χ1n) is 12.1. The fourth-order valence-electron chi connectivity index (χ4n) is 4.82. The largest absolute Gasteiger partial charge is 0.368 e. The maximum Gasteiger partial charge on any atom is 0.261 e. The number of piperazine rings is 1. The standard InChI is InChI=1S/C28H31N5O2/c1-19-10-11-24-25(29-19)8-5-9-26(24)33-16-14-32(15-17-33)13-12-22-6-4-7-23(18-22)30-28(34)27-20(2)31-35-21(27)3/h4-11,18H,12-17H2,1-3H3,(H,30,34). The van der Waals surface area contributed by atoms with E-state index in [0.717, 1.165) is 56.0 Å². The Bertz CT molecular complexity index is 1340. The lowest BCUT2D eigenvalue weighted by molar-refractivity contribution is 0.102. The normalized spacial score (nSPS) is 14.4. The third-order valence-electron chi connectivity index (χ3n) is 6.72. The second-order valence-electron chi connectivity index (χ2n) is 9.23. The number of amides is 1. The highest BCUT2D eigenvalue weighted by atomic mass is 16.5. The number of benzene rings is 2. The smallest absolute Gasteiger partial charge is 0.261 e. The Balaban J connectivity index is 1.17. The van der Waals surface area contributed by atoms with Crippen LogP contribution in [-0.2, 0) is 6.42 Å². The van der Waals surface area contributed by atoms with Gasteiger partial charge in [0.15, 0.2) is 0 Å². The minimum Gasteiger partial charge on any atom is -0.368 e. The number of hydrogen-bond donors (Lipinski definition) is 1. The zero-order chi connectivity index (χ0) is 24.4. The molecule has 4 aromatic rings. The molecule has 0 aliphatic carbocycles. The molecule has 0 saturated carbocycles. The van der Waals surface area contributed by atoms with Gasteiger partial charge >= 0.3 is 0 Å². The minimum absolute atomic E-state index is 0.187. The summed E-state index contributed by atoms with van der Waals surface area (Å²) in [7, 11) is 0. The van der Waals surface area contributed by atoms with Crippen molar-refractivity contribution >= 4 is 28.2 Å². The van der Waals surface area contributed by atoms with E-state index < -0.39 is 0 Å². The number of rotatable bonds is 6. The molecule has 0 atom stereocenters. The van der Waals surface area contributed by atoms with Crippen molar-refractivity contribution in [2.45, 2.75) is 27.2 Å². The van der Waals surface area contributed by atoms with Crippen LogP contribution in [0.4, 0.5) is 11.4 Å². The molecule has 3 heterocycles. The average molecular weight is 470 g/mol. The molecule has 1 amide bonds. The summed E-state index contributed by atoms with van der Waals surface area (Å²) in [6.07, 6.45) is 0.937. The molecule has 7 nitrogen and oxygen atoms in total. The maximum atomic E-state index is 12.7. The summed E-state index contributed by atoms with van der Waals surface area (Å²) >= 11 is 0. The molecule has 1 saturated heterocycles. The number of aryl methyl sites for hydroxylation is 3. The third kappa shape index (κ3) is 5.05. The van der Waals surface area contributed by atoms with Crippen LogP contribution in [0.1, 0.15) is 33.1 Å². The molecule has 0 unspecified atom stereocenters. The van der Waals surface area contributed by atoms with E-state index >= 15 is 0 Å². The maximum absolute atomic E-state index is 12.7. The Morgan fingerprint density at radius 3 is 2.57 bits per heavy atom. The number of pyridine rings is 1. The lowest BCUT2D eigenvalue weighted by atomic mass is 10.1. The Hall–Kier alpha value is -3.71. The monoisotopic (exact) mass is 469 g/mol. The number of hydrogen-bond acceptors (Lipinski definition) is 6. The zero-order valence-corrected chi connectivity index (χ0v) is 20.5. The van der Waals surface area contributed by atoms with E-state index in [4.69, 9.17) is 4.52 Å². The molecule has 1 fully saturated rings. The molecule has 1 aliphatic rings. The van der Waals surface area contributed by atoms with Crippen LogP contribution in [0.3, 0.4) is 0 Å². The highest BCUT2D eigenvalue weighted by Gasteiger charge is 2.20. The number of carbonyl (C=O) groups is 1. The molecule has 0 bridgehead atoms. The Labute approximate surface area is 205 Å². The van der Waals surface area contributed by atoms with Crippen LogP contribution in [0, 0.1) is 20.8 Å². The van der Waals surface area contributed by atoms with E-state index in [0.29, 0.717) is 17.0 Å². The molecule has 35 heavy (non-hydrogen) atoms. The summed E-state index contributed by atoms with van der Waals surface area (Å²) in [5.74, 6) is 0.346. The lowest BCUT2D eigenvalue weighted by Crippen LogP contribution is -2.47. The van der Waals surface area contributed by atoms with Crippen molar-refractivity contribution in [1.29, 1.82) is 0 Å². The van der Waals surface area contributed by atoms with Crippen molar-refractivity contribution in [3.63, 3.8) is 0 Å². The van der Waals surface area contributed by atoms with Gasteiger partial charge in [0.1, 0.15) is 11.3 Å². The summed E-state index contributed by atoms with van der Waals surface area (Å²) in [6, 6.07) is 18.8. The topological polar surface area (TPSA) is 74.5 Å². The van der Waals surface area contributed by atoms with Crippen LogP contribution >= 0.6 is 0 Å². The fraction of sp³-hybridized carbons (Fsp3) is 0.321. The molecular formula is C28H31N5O2. The molecule has 1 aliphatic heterocycles. The van der Waals surface area contributed by atoms with Gasteiger partial charge < -0.3 is 14.7 Å². The van der Waals surface area contributed by atoms with Gasteiger partial charge in [0, 0.05) is 55.2 Å². The second-order valence-corrected chi connectivity index (χ2v) is 9.23. The Kier molecular flexibility index (Phi) is 6.51. The minimum atomic E-state index is -0.187. The summed E-state index contributed by atoms with van der Waals surface area (Å²) in [5.41, 5.74) is 6.49. The van der Waals surface area contributed by atoms with E-state index in [1.165, 1.54) is 16.6 Å². The summed E-state index contributed by atoms with van der Waals surface area (Å²) < 4.78 is 5.12.